The second kappa shape index (κ2) is 6.91. The summed E-state index contributed by atoms with van der Waals surface area (Å²) in [6, 6.07) is 10.7. The standard InChI is InChI=1S/C18H17Cl2NO3/c1-23-13-3-4-16(17(8-13)24-2)21-18(22)15-9-14(15)10-5-11(19)7-12(20)6-10/h3-8,14-15H,9H2,1-2H3,(H,21,22). The molecule has 1 saturated carbocycles. The van der Waals surface area contributed by atoms with Crippen molar-refractivity contribution in [2.45, 2.75) is 12.3 Å². The third-order valence-corrected chi connectivity index (χ3v) is 4.54. The maximum Gasteiger partial charge on any atom is 0.228 e. The summed E-state index contributed by atoms with van der Waals surface area (Å²) in [5.74, 6) is 1.24. The Balaban J connectivity index is 1.71. The molecule has 1 aliphatic carbocycles. The maximum atomic E-state index is 12.5. The van der Waals surface area contributed by atoms with Crippen molar-refractivity contribution >= 4 is 34.8 Å². The van der Waals surface area contributed by atoms with Crippen LogP contribution in [0.25, 0.3) is 0 Å². The highest BCUT2D eigenvalue weighted by Crippen LogP contribution is 2.49. The zero-order valence-corrected chi connectivity index (χ0v) is 14.8. The van der Waals surface area contributed by atoms with Crippen LogP contribution in [0.5, 0.6) is 11.5 Å². The minimum Gasteiger partial charge on any atom is -0.497 e. The van der Waals surface area contributed by atoms with Crippen LogP contribution in [-0.4, -0.2) is 20.1 Å². The number of carbonyl (C=O) groups excluding carboxylic acids is 1. The van der Waals surface area contributed by atoms with Crippen molar-refractivity contribution in [1.29, 1.82) is 0 Å². The zero-order valence-electron chi connectivity index (χ0n) is 13.3. The van der Waals surface area contributed by atoms with Crippen molar-refractivity contribution in [2.75, 3.05) is 19.5 Å². The van der Waals surface area contributed by atoms with Crippen molar-refractivity contribution in [3.63, 3.8) is 0 Å². The lowest BCUT2D eigenvalue weighted by Gasteiger charge is -2.11. The highest BCUT2D eigenvalue weighted by Gasteiger charge is 2.44. The molecule has 2 aromatic carbocycles. The fraction of sp³-hybridized carbons (Fsp3) is 0.278. The second-order valence-corrected chi connectivity index (χ2v) is 6.58. The summed E-state index contributed by atoms with van der Waals surface area (Å²) in [6.07, 6.45) is 0.779. The summed E-state index contributed by atoms with van der Waals surface area (Å²) in [5.41, 5.74) is 1.62. The van der Waals surface area contributed by atoms with Crippen LogP contribution in [-0.2, 0) is 4.79 Å². The molecule has 0 spiro atoms. The van der Waals surface area contributed by atoms with Crippen LogP contribution >= 0.6 is 23.2 Å². The van der Waals surface area contributed by atoms with E-state index in [0.29, 0.717) is 27.2 Å². The van der Waals surface area contributed by atoms with Crippen LogP contribution in [0, 0.1) is 5.92 Å². The molecule has 4 nitrogen and oxygen atoms in total. The van der Waals surface area contributed by atoms with Crippen molar-refractivity contribution in [2.24, 2.45) is 5.92 Å². The van der Waals surface area contributed by atoms with Gasteiger partial charge in [-0.2, -0.15) is 0 Å². The Morgan fingerprint density at radius 1 is 1.08 bits per heavy atom. The second-order valence-electron chi connectivity index (χ2n) is 5.71. The summed E-state index contributed by atoms with van der Waals surface area (Å²) in [7, 11) is 3.14. The van der Waals surface area contributed by atoms with Crippen molar-refractivity contribution in [1.82, 2.24) is 0 Å². The minimum atomic E-state index is -0.0914. The number of amides is 1. The Morgan fingerprint density at radius 3 is 2.42 bits per heavy atom. The summed E-state index contributed by atoms with van der Waals surface area (Å²) in [4.78, 5) is 12.5. The summed E-state index contributed by atoms with van der Waals surface area (Å²) < 4.78 is 10.5. The van der Waals surface area contributed by atoms with Crippen LogP contribution in [0.15, 0.2) is 36.4 Å². The van der Waals surface area contributed by atoms with Gasteiger partial charge in [-0.25, -0.2) is 0 Å². The first kappa shape index (κ1) is 16.9. The smallest absolute Gasteiger partial charge is 0.228 e. The van der Waals surface area contributed by atoms with Gasteiger partial charge in [0.15, 0.2) is 0 Å². The fourth-order valence-electron chi connectivity index (χ4n) is 2.77. The first-order chi connectivity index (χ1) is 11.5. The van der Waals surface area contributed by atoms with Crippen LogP contribution < -0.4 is 14.8 Å². The molecule has 0 saturated heterocycles. The molecule has 1 fully saturated rings. The van der Waals surface area contributed by atoms with Crippen LogP contribution in [0.1, 0.15) is 17.9 Å². The number of halogens is 2. The molecule has 1 aliphatic rings. The highest BCUT2D eigenvalue weighted by atomic mass is 35.5. The molecule has 6 heteroatoms. The number of rotatable bonds is 5. The van der Waals surface area contributed by atoms with E-state index in [4.69, 9.17) is 32.7 Å². The van der Waals surface area contributed by atoms with Gasteiger partial charge in [0.05, 0.1) is 19.9 Å². The Morgan fingerprint density at radius 2 is 1.79 bits per heavy atom. The third-order valence-electron chi connectivity index (χ3n) is 4.11. The molecule has 0 heterocycles. The molecular weight excluding hydrogens is 349 g/mol. The molecule has 2 atom stereocenters. The number of methoxy groups -OCH3 is 2. The van der Waals surface area contributed by atoms with Gasteiger partial charge in [0.25, 0.3) is 0 Å². The van der Waals surface area contributed by atoms with Gasteiger partial charge in [-0.3, -0.25) is 4.79 Å². The first-order valence-electron chi connectivity index (χ1n) is 7.50. The van der Waals surface area contributed by atoms with E-state index >= 15 is 0 Å². The van der Waals surface area contributed by atoms with E-state index in [-0.39, 0.29) is 17.7 Å². The zero-order chi connectivity index (χ0) is 17.3. The highest BCUT2D eigenvalue weighted by molar-refractivity contribution is 6.34. The lowest BCUT2D eigenvalue weighted by Crippen LogP contribution is -2.15. The average molecular weight is 366 g/mol. The van der Waals surface area contributed by atoms with Crippen LogP contribution in [0.3, 0.4) is 0 Å². The lowest BCUT2D eigenvalue weighted by atomic mass is 10.1. The number of hydrogen-bond donors (Lipinski definition) is 1. The maximum absolute atomic E-state index is 12.5. The Bertz CT molecular complexity index is 759. The predicted octanol–water partition coefficient (Wildman–Crippen LogP) is 4.75. The molecular formula is C18H17Cl2NO3. The molecule has 126 valence electrons. The van der Waals surface area contributed by atoms with Gasteiger partial charge in [-0.1, -0.05) is 23.2 Å². The molecule has 0 bridgehead atoms. The minimum absolute atomic E-state index is 0.0421. The average Bonchev–Trinajstić information content (AvgIpc) is 3.35. The quantitative estimate of drug-likeness (QED) is 0.831. The number of benzene rings is 2. The summed E-state index contributed by atoms with van der Waals surface area (Å²) in [6.45, 7) is 0. The molecule has 24 heavy (non-hydrogen) atoms. The SMILES string of the molecule is COc1ccc(NC(=O)C2CC2c2cc(Cl)cc(Cl)c2)c(OC)c1. The molecule has 0 aliphatic heterocycles. The van der Waals surface area contributed by atoms with Crippen molar-refractivity contribution < 1.29 is 14.3 Å². The van der Waals surface area contributed by atoms with Crippen LogP contribution in [0.2, 0.25) is 10.0 Å². The van der Waals surface area contributed by atoms with Gasteiger partial charge >= 0.3 is 0 Å². The van der Waals surface area contributed by atoms with E-state index in [2.05, 4.69) is 5.32 Å². The Hall–Kier alpha value is -1.91. The topological polar surface area (TPSA) is 47.6 Å². The van der Waals surface area contributed by atoms with E-state index in [9.17, 15) is 4.79 Å². The normalized spacial score (nSPS) is 18.8. The first-order valence-corrected chi connectivity index (χ1v) is 8.26. The van der Waals surface area contributed by atoms with E-state index in [1.165, 1.54) is 0 Å². The van der Waals surface area contributed by atoms with Gasteiger partial charge in [-0.05, 0) is 48.2 Å². The molecule has 0 aromatic heterocycles. The number of anilines is 1. The van der Waals surface area contributed by atoms with Gasteiger partial charge in [0, 0.05) is 22.0 Å². The molecule has 3 rings (SSSR count). The predicted molar refractivity (Wildman–Crippen MR) is 95.5 cm³/mol. The van der Waals surface area contributed by atoms with E-state index in [1.54, 1.807) is 38.5 Å². The van der Waals surface area contributed by atoms with Crippen molar-refractivity contribution in [3.05, 3.63) is 52.0 Å². The van der Waals surface area contributed by atoms with E-state index in [0.717, 1.165) is 12.0 Å². The number of nitrogens with one attached hydrogen (secondary N) is 1. The largest absolute Gasteiger partial charge is 0.497 e. The van der Waals surface area contributed by atoms with Gasteiger partial charge in [-0.15, -0.1) is 0 Å². The van der Waals surface area contributed by atoms with Crippen molar-refractivity contribution in [3.8, 4) is 11.5 Å². The third kappa shape index (κ3) is 3.60. The Kier molecular flexibility index (Phi) is 4.88. The van der Waals surface area contributed by atoms with E-state index in [1.807, 2.05) is 12.1 Å². The molecule has 2 unspecified atom stereocenters. The molecule has 1 N–H and O–H groups in total. The van der Waals surface area contributed by atoms with Gasteiger partial charge in [0.1, 0.15) is 11.5 Å². The lowest BCUT2D eigenvalue weighted by molar-refractivity contribution is -0.117. The summed E-state index contributed by atoms with van der Waals surface area (Å²) in [5, 5.41) is 4.09. The molecule has 0 radical (unpaired) electrons. The molecule has 2 aromatic rings. The number of carbonyl (C=O) groups is 1. The summed E-state index contributed by atoms with van der Waals surface area (Å²) >= 11 is 12.1. The number of hydrogen-bond acceptors (Lipinski definition) is 3. The number of ether oxygens (including phenoxy) is 2. The monoisotopic (exact) mass is 365 g/mol. The fourth-order valence-corrected chi connectivity index (χ4v) is 3.31. The van der Waals surface area contributed by atoms with E-state index < -0.39 is 0 Å². The van der Waals surface area contributed by atoms with Gasteiger partial charge in [0.2, 0.25) is 5.91 Å². The molecule has 1 amide bonds. The van der Waals surface area contributed by atoms with Gasteiger partial charge < -0.3 is 14.8 Å². The van der Waals surface area contributed by atoms with Crippen LogP contribution in [0.4, 0.5) is 5.69 Å². The Labute approximate surface area is 150 Å².